The topological polar surface area (TPSA) is 93.8 Å². The third-order valence-corrected chi connectivity index (χ3v) is 3.72. The van der Waals surface area contributed by atoms with Gasteiger partial charge in [0.05, 0.1) is 13.1 Å². The van der Waals surface area contributed by atoms with E-state index >= 15 is 0 Å². The number of aliphatic imine (C=N–C) groups is 1. The van der Waals surface area contributed by atoms with Crippen molar-refractivity contribution in [1.82, 2.24) is 20.8 Å². The molecule has 1 aliphatic rings. The molecule has 0 unspecified atom stereocenters. The van der Waals surface area contributed by atoms with Crippen molar-refractivity contribution in [1.29, 1.82) is 0 Å². The minimum atomic E-state index is -0.164. The van der Waals surface area contributed by atoms with Crippen LogP contribution in [0.3, 0.4) is 0 Å². The number of nitrogens with one attached hydrogen (secondary N) is 2. The van der Waals surface area contributed by atoms with Crippen molar-refractivity contribution in [2.75, 3.05) is 13.3 Å². The number of hydrogen-bond donors (Lipinski definition) is 2. The molecule has 9 heteroatoms. The Bertz CT molecular complexity index is 786. The molecule has 0 spiro atoms. The predicted octanol–water partition coefficient (Wildman–Crippen LogP) is 2.97. The summed E-state index contributed by atoms with van der Waals surface area (Å²) in [6.45, 7) is 10.1. The first-order valence-electron chi connectivity index (χ1n) is 8.69. The van der Waals surface area contributed by atoms with Crippen LogP contribution in [0.4, 0.5) is 0 Å². The molecule has 2 N–H and O–H groups in total. The van der Waals surface area contributed by atoms with Crippen LogP contribution in [-0.4, -0.2) is 29.4 Å². The van der Waals surface area contributed by atoms with E-state index in [1.54, 1.807) is 0 Å². The number of rotatable bonds is 5. The van der Waals surface area contributed by atoms with E-state index in [1.807, 2.05) is 45.9 Å². The van der Waals surface area contributed by atoms with Crippen LogP contribution >= 0.6 is 24.0 Å². The zero-order chi connectivity index (χ0) is 18.6. The first-order valence-corrected chi connectivity index (χ1v) is 8.69. The number of fused-ring (bicyclic) bond motifs is 1. The number of guanidine groups is 1. The van der Waals surface area contributed by atoms with Gasteiger partial charge in [0, 0.05) is 12.0 Å². The maximum Gasteiger partial charge on any atom is 0.232 e. The summed E-state index contributed by atoms with van der Waals surface area (Å²) in [4.78, 5) is 9.01. The van der Waals surface area contributed by atoms with Crippen LogP contribution < -0.4 is 20.1 Å². The third-order valence-electron chi connectivity index (χ3n) is 3.72. The lowest BCUT2D eigenvalue weighted by Gasteiger charge is -2.11. The molecule has 0 amide bonds. The first kappa shape index (κ1) is 21.3. The second-order valence-corrected chi connectivity index (χ2v) is 7.00. The fourth-order valence-corrected chi connectivity index (χ4v) is 2.34. The van der Waals surface area contributed by atoms with E-state index in [-0.39, 0.29) is 36.2 Å². The quantitative estimate of drug-likeness (QED) is 0.381. The molecule has 148 valence electrons. The fraction of sp³-hybridized carbons (Fsp3) is 0.500. The second kappa shape index (κ2) is 9.25. The van der Waals surface area contributed by atoms with Crippen LogP contribution in [0.1, 0.15) is 45.0 Å². The molecular weight excluding hydrogens is 461 g/mol. The molecule has 2 aromatic rings. The molecule has 0 saturated carbocycles. The Hall–Kier alpha value is -2.04. The molecule has 27 heavy (non-hydrogen) atoms. The normalized spacial score (nSPS) is 13.3. The van der Waals surface area contributed by atoms with E-state index in [1.165, 1.54) is 0 Å². The molecule has 0 radical (unpaired) electrons. The summed E-state index contributed by atoms with van der Waals surface area (Å²) in [7, 11) is 0. The zero-order valence-electron chi connectivity index (χ0n) is 16.0. The van der Waals surface area contributed by atoms with E-state index in [0.717, 1.165) is 23.6 Å². The molecule has 0 bridgehead atoms. The van der Waals surface area contributed by atoms with Crippen molar-refractivity contribution in [2.24, 2.45) is 4.99 Å². The number of ether oxygens (including phenoxy) is 2. The van der Waals surface area contributed by atoms with Gasteiger partial charge < -0.3 is 24.6 Å². The standard InChI is InChI=1S/C18H25N5O3.HI/c1-5-19-17(21-10-15-22-16(26-23-15)18(2,3)4)20-9-12-6-7-13-14(8-12)25-11-24-13;/h6-8H,5,9-11H2,1-4H3,(H2,19,20,21);1H. The molecule has 0 atom stereocenters. The highest BCUT2D eigenvalue weighted by Gasteiger charge is 2.21. The Morgan fingerprint density at radius 1 is 1.19 bits per heavy atom. The zero-order valence-corrected chi connectivity index (χ0v) is 18.4. The molecule has 0 saturated heterocycles. The lowest BCUT2D eigenvalue weighted by atomic mass is 9.97. The number of aromatic nitrogens is 2. The van der Waals surface area contributed by atoms with Crippen LogP contribution in [-0.2, 0) is 18.5 Å². The molecular formula is C18H26IN5O3. The van der Waals surface area contributed by atoms with Gasteiger partial charge in [0.25, 0.3) is 0 Å². The predicted molar refractivity (Wildman–Crippen MR) is 113 cm³/mol. The van der Waals surface area contributed by atoms with E-state index in [0.29, 0.717) is 30.8 Å². The van der Waals surface area contributed by atoms with E-state index in [4.69, 9.17) is 14.0 Å². The molecule has 1 aromatic heterocycles. The number of nitrogens with zero attached hydrogens (tertiary/aromatic N) is 3. The fourth-order valence-electron chi connectivity index (χ4n) is 2.34. The second-order valence-electron chi connectivity index (χ2n) is 7.00. The Labute approximate surface area is 176 Å². The van der Waals surface area contributed by atoms with Crippen LogP contribution in [0.5, 0.6) is 11.5 Å². The maximum absolute atomic E-state index is 5.40. The average molecular weight is 487 g/mol. The first-order chi connectivity index (χ1) is 12.5. The summed E-state index contributed by atoms with van der Waals surface area (Å²) in [5, 5.41) is 10.4. The van der Waals surface area contributed by atoms with Crippen molar-refractivity contribution >= 4 is 29.9 Å². The van der Waals surface area contributed by atoms with Gasteiger partial charge in [-0.05, 0) is 24.6 Å². The summed E-state index contributed by atoms with van der Waals surface area (Å²) < 4.78 is 16.0. The Balaban J connectivity index is 0.00000261. The van der Waals surface area contributed by atoms with Crippen molar-refractivity contribution in [2.45, 2.75) is 46.2 Å². The smallest absolute Gasteiger partial charge is 0.232 e. The summed E-state index contributed by atoms with van der Waals surface area (Å²) >= 11 is 0. The summed E-state index contributed by atoms with van der Waals surface area (Å²) in [5.41, 5.74) is 0.879. The third kappa shape index (κ3) is 5.72. The highest BCUT2D eigenvalue weighted by atomic mass is 127. The van der Waals surface area contributed by atoms with Gasteiger partial charge in [-0.1, -0.05) is 32.0 Å². The van der Waals surface area contributed by atoms with Gasteiger partial charge in [0.15, 0.2) is 23.3 Å². The maximum atomic E-state index is 5.40. The Morgan fingerprint density at radius 3 is 2.67 bits per heavy atom. The van der Waals surface area contributed by atoms with Crippen molar-refractivity contribution < 1.29 is 14.0 Å². The van der Waals surface area contributed by atoms with Crippen molar-refractivity contribution in [3.05, 3.63) is 35.5 Å². The summed E-state index contributed by atoms with van der Waals surface area (Å²) in [6, 6.07) is 5.83. The van der Waals surface area contributed by atoms with Crippen LogP contribution in [0.25, 0.3) is 0 Å². The minimum absolute atomic E-state index is 0. The van der Waals surface area contributed by atoms with Gasteiger partial charge in [0.1, 0.15) is 0 Å². The minimum Gasteiger partial charge on any atom is -0.454 e. The van der Waals surface area contributed by atoms with Crippen LogP contribution in [0.2, 0.25) is 0 Å². The van der Waals surface area contributed by atoms with Gasteiger partial charge in [-0.3, -0.25) is 0 Å². The molecule has 1 aromatic carbocycles. The molecule has 1 aliphatic heterocycles. The molecule has 0 fully saturated rings. The van der Waals surface area contributed by atoms with Crippen molar-refractivity contribution in [3.63, 3.8) is 0 Å². The van der Waals surface area contributed by atoms with Crippen LogP contribution in [0, 0.1) is 0 Å². The summed E-state index contributed by atoms with van der Waals surface area (Å²) in [6.07, 6.45) is 0. The average Bonchev–Trinajstić information content (AvgIpc) is 3.25. The number of halogens is 1. The molecule has 3 rings (SSSR count). The van der Waals surface area contributed by atoms with Gasteiger partial charge in [-0.2, -0.15) is 4.98 Å². The van der Waals surface area contributed by atoms with E-state index in [9.17, 15) is 0 Å². The summed E-state index contributed by atoms with van der Waals surface area (Å²) in [5.74, 6) is 3.44. The Morgan fingerprint density at radius 2 is 1.96 bits per heavy atom. The number of benzene rings is 1. The van der Waals surface area contributed by atoms with Gasteiger partial charge in [-0.25, -0.2) is 4.99 Å². The van der Waals surface area contributed by atoms with E-state index < -0.39 is 0 Å². The Kier molecular flexibility index (Phi) is 7.28. The van der Waals surface area contributed by atoms with Crippen molar-refractivity contribution in [3.8, 4) is 11.5 Å². The lowest BCUT2D eigenvalue weighted by Crippen LogP contribution is -2.37. The van der Waals surface area contributed by atoms with E-state index in [2.05, 4.69) is 25.8 Å². The van der Waals surface area contributed by atoms with Gasteiger partial charge in [0.2, 0.25) is 12.7 Å². The van der Waals surface area contributed by atoms with Crippen LogP contribution in [0.15, 0.2) is 27.7 Å². The highest BCUT2D eigenvalue weighted by molar-refractivity contribution is 14.0. The SMILES string of the molecule is CCNC(=NCc1ccc2c(c1)OCO2)NCc1noc(C(C)(C)C)n1.I. The highest BCUT2D eigenvalue weighted by Crippen LogP contribution is 2.32. The monoisotopic (exact) mass is 487 g/mol. The molecule has 2 heterocycles. The molecule has 0 aliphatic carbocycles. The lowest BCUT2D eigenvalue weighted by molar-refractivity contribution is 0.174. The van der Waals surface area contributed by atoms with Gasteiger partial charge >= 0.3 is 0 Å². The molecule has 8 nitrogen and oxygen atoms in total. The largest absolute Gasteiger partial charge is 0.454 e. The number of hydrogen-bond acceptors (Lipinski definition) is 6. The van der Waals surface area contributed by atoms with Gasteiger partial charge in [-0.15, -0.1) is 24.0 Å².